The van der Waals surface area contributed by atoms with Gasteiger partial charge in [0.2, 0.25) is 0 Å². The van der Waals surface area contributed by atoms with Gasteiger partial charge < -0.3 is 15.2 Å². The van der Waals surface area contributed by atoms with Gasteiger partial charge in [-0.1, -0.05) is 61.4 Å². The average molecular weight is 513 g/mol. The standard InChI is InChI=1S/C29H30N4OS.C2H6/c1-19-12-20(2)14-25(13-19)22-8-5-9-23(15-22)27-18-35-29(32-27)31-26(21-6-4-7-21)16-30-28(34)24-10-11-33(3)17-24;1-2/h5,8-15,17-18H,4,6-7,16H2,1-3H3,(H,30,34)(H,31,32);1-2H3. The van der Waals surface area contributed by atoms with Crippen LogP contribution in [0, 0.1) is 13.8 Å². The Morgan fingerprint density at radius 1 is 1.00 bits per heavy atom. The molecule has 0 bridgehead atoms. The highest BCUT2D eigenvalue weighted by atomic mass is 32.1. The first-order valence-electron chi connectivity index (χ1n) is 13.0. The molecule has 0 saturated heterocycles. The molecule has 1 amide bonds. The minimum atomic E-state index is -0.0622. The van der Waals surface area contributed by atoms with Crippen molar-refractivity contribution in [2.75, 3.05) is 11.9 Å². The van der Waals surface area contributed by atoms with Crippen LogP contribution in [-0.4, -0.2) is 22.0 Å². The lowest BCUT2D eigenvalue weighted by Gasteiger charge is -2.22. The van der Waals surface area contributed by atoms with Gasteiger partial charge in [-0.05, 0) is 61.9 Å². The SMILES string of the molecule is CC.Cc1cc(C)cc(-c2cccc(-c3csc(NC(CNC(=O)c4ccn(C)c4)=C4CCC4)n3)c2)c1. The van der Waals surface area contributed by atoms with Gasteiger partial charge in [-0.25, -0.2) is 4.98 Å². The van der Waals surface area contributed by atoms with Crippen LogP contribution in [-0.2, 0) is 7.05 Å². The van der Waals surface area contributed by atoms with E-state index in [0.29, 0.717) is 12.1 Å². The molecule has 2 heterocycles. The van der Waals surface area contributed by atoms with Gasteiger partial charge in [-0.3, -0.25) is 4.79 Å². The van der Waals surface area contributed by atoms with Crippen molar-refractivity contribution < 1.29 is 4.79 Å². The van der Waals surface area contributed by atoms with Crippen LogP contribution < -0.4 is 10.6 Å². The minimum absolute atomic E-state index is 0.0622. The van der Waals surface area contributed by atoms with Crippen molar-refractivity contribution in [2.45, 2.75) is 47.0 Å². The van der Waals surface area contributed by atoms with Gasteiger partial charge in [0.15, 0.2) is 5.13 Å². The van der Waals surface area contributed by atoms with Crippen LogP contribution in [0.4, 0.5) is 5.13 Å². The van der Waals surface area contributed by atoms with E-state index in [1.165, 1.54) is 34.2 Å². The fourth-order valence-electron chi connectivity index (χ4n) is 4.41. The number of allylic oxidation sites excluding steroid dienone is 1. The third-order valence-corrected chi connectivity index (χ3v) is 7.14. The number of benzene rings is 2. The fourth-order valence-corrected chi connectivity index (χ4v) is 5.16. The monoisotopic (exact) mass is 512 g/mol. The Balaban J connectivity index is 0.00000156. The van der Waals surface area contributed by atoms with Gasteiger partial charge in [0.05, 0.1) is 17.8 Å². The molecule has 1 aliphatic carbocycles. The molecule has 2 aromatic heterocycles. The second-order valence-corrected chi connectivity index (χ2v) is 10.2. The summed E-state index contributed by atoms with van der Waals surface area (Å²) >= 11 is 1.59. The quantitative estimate of drug-likeness (QED) is 0.266. The van der Waals surface area contributed by atoms with Crippen LogP contribution in [0.25, 0.3) is 22.4 Å². The number of nitrogens with zero attached hydrogens (tertiary/aromatic N) is 2. The molecule has 0 unspecified atom stereocenters. The number of carbonyl (C=O) groups is 1. The predicted molar refractivity (Wildman–Crippen MR) is 156 cm³/mol. The summed E-state index contributed by atoms with van der Waals surface area (Å²) in [5.74, 6) is -0.0622. The largest absolute Gasteiger partial charge is 0.356 e. The van der Waals surface area contributed by atoms with Gasteiger partial charge in [0.1, 0.15) is 0 Å². The first kappa shape index (κ1) is 26.4. The Morgan fingerprint density at radius 2 is 1.73 bits per heavy atom. The topological polar surface area (TPSA) is 58.9 Å². The number of nitrogens with one attached hydrogen (secondary N) is 2. The maximum atomic E-state index is 12.5. The van der Waals surface area contributed by atoms with Gasteiger partial charge in [0, 0.05) is 36.1 Å². The molecule has 2 aromatic carbocycles. The number of thiazole rings is 1. The molecule has 1 saturated carbocycles. The average Bonchev–Trinajstić information content (AvgIpc) is 3.51. The maximum absolute atomic E-state index is 12.5. The van der Waals surface area contributed by atoms with Gasteiger partial charge in [-0.2, -0.15) is 0 Å². The zero-order valence-corrected chi connectivity index (χ0v) is 23.2. The second-order valence-electron chi connectivity index (χ2n) is 9.30. The normalized spacial score (nSPS) is 12.3. The Kier molecular flexibility index (Phi) is 8.62. The zero-order chi connectivity index (χ0) is 26.4. The van der Waals surface area contributed by atoms with Crippen LogP contribution >= 0.6 is 11.3 Å². The summed E-state index contributed by atoms with van der Waals surface area (Å²) in [6.07, 6.45) is 7.05. The molecule has 2 N–H and O–H groups in total. The van der Waals surface area contributed by atoms with Crippen LogP contribution in [0.15, 0.2) is 77.6 Å². The molecule has 1 aliphatic rings. The molecule has 0 atom stereocenters. The summed E-state index contributed by atoms with van der Waals surface area (Å²) in [7, 11) is 1.91. The predicted octanol–water partition coefficient (Wildman–Crippen LogP) is 7.74. The third kappa shape index (κ3) is 6.57. The van der Waals surface area contributed by atoms with Crippen LogP contribution in [0.5, 0.6) is 0 Å². The Morgan fingerprint density at radius 3 is 2.38 bits per heavy atom. The molecule has 192 valence electrons. The molecular formula is C31H36N4OS. The van der Waals surface area contributed by atoms with Gasteiger partial charge in [0.25, 0.3) is 5.91 Å². The summed E-state index contributed by atoms with van der Waals surface area (Å²) < 4.78 is 1.88. The van der Waals surface area contributed by atoms with Crippen LogP contribution in [0.2, 0.25) is 0 Å². The highest BCUT2D eigenvalue weighted by molar-refractivity contribution is 7.14. The van der Waals surface area contributed by atoms with Gasteiger partial charge >= 0.3 is 0 Å². The highest BCUT2D eigenvalue weighted by Crippen LogP contribution is 2.32. The minimum Gasteiger partial charge on any atom is -0.356 e. The molecular weight excluding hydrogens is 476 g/mol. The Labute approximate surface area is 224 Å². The van der Waals surface area contributed by atoms with E-state index >= 15 is 0 Å². The molecule has 37 heavy (non-hydrogen) atoms. The van der Waals surface area contributed by atoms with Gasteiger partial charge in [-0.15, -0.1) is 11.3 Å². The molecule has 4 aromatic rings. The summed E-state index contributed by atoms with van der Waals surface area (Å²) in [5, 5.41) is 9.51. The van der Waals surface area contributed by atoms with E-state index in [1.807, 2.05) is 43.9 Å². The number of hydrogen-bond acceptors (Lipinski definition) is 4. The van der Waals surface area contributed by atoms with E-state index in [1.54, 1.807) is 11.3 Å². The molecule has 6 heteroatoms. The first-order chi connectivity index (χ1) is 17.9. The summed E-state index contributed by atoms with van der Waals surface area (Å²) in [5.41, 5.74) is 10.1. The molecule has 5 nitrogen and oxygen atoms in total. The van der Waals surface area contributed by atoms with E-state index in [0.717, 1.165) is 34.9 Å². The molecule has 1 fully saturated rings. The Bertz CT molecular complexity index is 1390. The van der Waals surface area contributed by atoms with Crippen molar-refractivity contribution in [3.8, 4) is 22.4 Å². The molecule has 0 aliphatic heterocycles. The summed E-state index contributed by atoms with van der Waals surface area (Å²) in [6, 6.07) is 17.0. The highest BCUT2D eigenvalue weighted by Gasteiger charge is 2.17. The van der Waals surface area contributed by atoms with Crippen molar-refractivity contribution >= 4 is 22.4 Å². The Hall–Kier alpha value is -3.64. The van der Waals surface area contributed by atoms with Crippen LogP contribution in [0.3, 0.4) is 0 Å². The van der Waals surface area contributed by atoms with E-state index in [-0.39, 0.29) is 5.91 Å². The van der Waals surface area contributed by atoms with Crippen molar-refractivity contribution in [2.24, 2.45) is 7.05 Å². The number of amides is 1. The van der Waals surface area contributed by atoms with Crippen molar-refractivity contribution in [3.05, 3.63) is 94.3 Å². The van der Waals surface area contributed by atoms with Crippen molar-refractivity contribution in [3.63, 3.8) is 0 Å². The number of aromatic nitrogens is 2. The van der Waals surface area contributed by atoms with E-state index < -0.39 is 0 Å². The molecule has 0 spiro atoms. The van der Waals surface area contributed by atoms with Crippen molar-refractivity contribution in [1.82, 2.24) is 14.9 Å². The molecule has 5 rings (SSSR count). The third-order valence-electron chi connectivity index (χ3n) is 6.38. The number of rotatable bonds is 7. The number of carbonyl (C=O) groups excluding carboxylic acids is 1. The molecule has 0 radical (unpaired) electrons. The maximum Gasteiger partial charge on any atom is 0.253 e. The first-order valence-corrected chi connectivity index (χ1v) is 13.9. The smallest absolute Gasteiger partial charge is 0.253 e. The summed E-state index contributed by atoms with van der Waals surface area (Å²) in [6.45, 7) is 8.74. The fraction of sp³-hybridized carbons (Fsp3) is 0.290. The number of hydrogen-bond donors (Lipinski definition) is 2. The van der Waals surface area contributed by atoms with Crippen molar-refractivity contribution in [1.29, 1.82) is 0 Å². The number of anilines is 1. The lowest BCUT2D eigenvalue weighted by molar-refractivity contribution is 0.0957. The van der Waals surface area contributed by atoms with E-state index in [4.69, 9.17) is 4.98 Å². The van der Waals surface area contributed by atoms with Crippen LogP contribution in [0.1, 0.15) is 54.6 Å². The lowest BCUT2D eigenvalue weighted by atomic mass is 9.90. The van der Waals surface area contributed by atoms with E-state index in [9.17, 15) is 4.79 Å². The van der Waals surface area contributed by atoms with E-state index in [2.05, 4.69) is 72.3 Å². The lowest BCUT2D eigenvalue weighted by Crippen LogP contribution is -2.29. The zero-order valence-electron chi connectivity index (χ0n) is 22.4. The summed E-state index contributed by atoms with van der Waals surface area (Å²) in [4.78, 5) is 17.4. The second kappa shape index (κ2) is 12.1. The number of aryl methyl sites for hydroxylation is 3.